The van der Waals surface area contributed by atoms with Crippen molar-refractivity contribution in [2.45, 2.75) is 13.0 Å². The highest BCUT2D eigenvalue weighted by atomic mass is 35.5. The van der Waals surface area contributed by atoms with Gasteiger partial charge in [0.05, 0.1) is 21.0 Å². The second-order valence-corrected chi connectivity index (χ2v) is 9.54. The number of hydrogen-bond acceptors (Lipinski definition) is 6. The maximum absolute atomic E-state index is 13.3. The van der Waals surface area contributed by atoms with E-state index in [-0.39, 0.29) is 17.7 Å². The first-order chi connectivity index (χ1) is 15.4. The Morgan fingerprint density at radius 3 is 2.41 bits per heavy atom. The number of aryl methyl sites for hydroxylation is 1. The van der Waals surface area contributed by atoms with Gasteiger partial charge in [-0.2, -0.15) is 4.52 Å². The minimum absolute atomic E-state index is 0.0858. The van der Waals surface area contributed by atoms with Gasteiger partial charge in [0.2, 0.25) is 10.8 Å². The molecule has 1 fully saturated rings. The van der Waals surface area contributed by atoms with Gasteiger partial charge in [0.25, 0.3) is 0 Å². The second-order valence-electron chi connectivity index (χ2n) is 7.72. The molecule has 32 heavy (non-hydrogen) atoms. The third-order valence-electron chi connectivity index (χ3n) is 5.68. The van der Waals surface area contributed by atoms with Crippen molar-refractivity contribution in [3.63, 3.8) is 0 Å². The molecule has 1 N–H and O–H groups in total. The second kappa shape index (κ2) is 8.51. The fourth-order valence-corrected chi connectivity index (χ4v) is 5.60. The monoisotopic (exact) mass is 491 g/mol. The number of benzene rings is 2. The zero-order valence-electron chi connectivity index (χ0n) is 17.2. The van der Waals surface area contributed by atoms with Crippen LogP contribution >= 0.6 is 34.5 Å². The highest BCUT2D eigenvalue weighted by molar-refractivity contribution is 7.17. The van der Waals surface area contributed by atoms with Gasteiger partial charge < -0.3 is 10.0 Å². The van der Waals surface area contributed by atoms with Crippen LogP contribution in [-0.4, -0.2) is 50.8 Å². The maximum atomic E-state index is 13.3. The van der Waals surface area contributed by atoms with Gasteiger partial charge in [0.1, 0.15) is 11.6 Å². The van der Waals surface area contributed by atoms with Gasteiger partial charge in [0, 0.05) is 31.9 Å². The summed E-state index contributed by atoms with van der Waals surface area (Å²) in [6.45, 7) is 4.82. The Labute approximate surface area is 198 Å². The molecule has 1 unspecified atom stereocenters. The average molecular weight is 492 g/mol. The van der Waals surface area contributed by atoms with E-state index in [0.29, 0.717) is 20.8 Å². The van der Waals surface area contributed by atoms with Gasteiger partial charge in [-0.05, 0) is 48.9 Å². The normalized spacial score (nSPS) is 16.1. The van der Waals surface area contributed by atoms with Crippen LogP contribution in [0.3, 0.4) is 0 Å². The van der Waals surface area contributed by atoms with E-state index < -0.39 is 0 Å². The first-order valence-corrected chi connectivity index (χ1v) is 11.7. The van der Waals surface area contributed by atoms with E-state index in [4.69, 9.17) is 23.2 Å². The lowest BCUT2D eigenvalue weighted by Crippen LogP contribution is -2.47. The number of hydrogen-bond donors (Lipinski definition) is 1. The van der Waals surface area contributed by atoms with Crippen molar-refractivity contribution in [1.82, 2.24) is 19.5 Å². The number of rotatable bonds is 4. The van der Waals surface area contributed by atoms with Crippen LogP contribution in [-0.2, 0) is 0 Å². The molecule has 2 aromatic carbocycles. The predicted molar refractivity (Wildman–Crippen MR) is 126 cm³/mol. The third kappa shape index (κ3) is 3.92. The van der Waals surface area contributed by atoms with E-state index in [0.717, 1.165) is 42.3 Å². The van der Waals surface area contributed by atoms with Gasteiger partial charge in [0.15, 0.2) is 0 Å². The molecular formula is C22H20Cl2FN5OS. The fourth-order valence-electron chi connectivity index (χ4n) is 4.13. The Kier molecular flexibility index (Phi) is 5.71. The minimum Gasteiger partial charge on any atom is -0.492 e. The molecule has 0 saturated carbocycles. The lowest BCUT2D eigenvalue weighted by Gasteiger charge is -2.40. The molecule has 0 amide bonds. The quantitative estimate of drug-likeness (QED) is 0.427. The molecule has 1 saturated heterocycles. The molecule has 0 radical (unpaired) electrons. The van der Waals surface area contributed by atoms with Crippen molar-refractivity contribution in [2.24, 2.45) is 0 Å². The van der Waals surface area contributed by atoms with Crippen molar-refractivity contribution in [2.75, 3.05) is 31.1 Å². The third-order valence-corrected chi connectivity index (χ3v) is 7.50. The molecule has 0 spiro atoms. The molecular weight excluding hydrogens is 472 g/mol. The summed E-state index contributed by atoms with van der Waals surface area (Å²) in [6.07, 6.45) is 0. The van der Waals surface area contributed by atoms with E-state index in [9.17, 15) is 9.50 Å². The molecule has 2 aromatic heterocycles. The number of nitrogens with zero attached hydrogens (tertiary/aromatic N) is 5. The molecule has 3 heterocycles. The number of halogens is 3. The fraction of sp³-hybridized carbons (Fsp3) is 0.273. The van der Waals surface area contributed by atoms with Crippen molar-refractivity contribution in [1.29, 1.82) is 0 Å². The van der Waals surface area contributed by atoms with Crippen molar-refractivity contribution >= 4 is 45.2 Å². The average Bonchev–Trinajstić information content (AvgIpc) is 3.29. The SMILES string of the molecule is Cc1nc2sc(C(c3ccc(Cl)c(Cl)c3)N3CCN(c4ccc(F)cc4)CC3)c(O)n2n1. The maximum Gasteiger partial charge on any atom is 0.230 e. The first kappa shape index (κ1) is 21.5. The van der Waals surface area contributed by atoms with Crippen LogP contribution in [0.4, 0.5) is 10.1 Å². The van der Waals surface area contributed by atoms with Gasteiger partial charge in [-0.1, -0.05) is 40.6 Å². The smallest absolute Gasteiger partial charge is 0.230 e. The summed E-state index contributed by atoms with van der Waals surface area (Å²) >= 11 is 13.9. The largest absolute Gasteiger partial charge is 0.492 e. The summed E-state index contributed by atoms with van der Waals surface area (Å²) in [4.78, 5) is 10.3. The van der Waals surface area contributed by atoms with E-state index in [1.165, 1.54) is 28.0 Å². The topological polar surface area (TPSA) is 56.9 Å². The predicted octanol–water partition coefficient (Wildman–Crippen LogP) is 5.16. The van der Waals surface area contributed by atoms with Gasteiger partial charge >= 0.3 is 0 Å². The summed E-state index contributed by atoms with van der Waals surface area (Å²) in [5, 5.41) is 16.2. The van der Waals surface area contributed by atoms with Gasteiger partial charge in [-0.3, -0.25) is 4.90 Å². The Balaban J connectivity index is 1.48. The molecule has 0 aliphatic carbocycles. The molecule has 1 aliphatic heterocycles. The van der Waals surface area contributed by atoms with Crippen molar-refractivity contribution in [3.8, 4) is 5.88 Å². The van der Waals surface area contributed by atoms with E-state index in [2.05, 4.69) is 19.9 Å². The number of aromatic hydroxyl groups is 1. The number of piperazine rings is 1. The number of thiazole rings is 1. The number of anilines is 1. The van der Waals surface area contributed by atoms with E-state index >= 15 is 0 Å². The summed E-state index contributed by atoms with van der Waals surface area (Å²) in [7, 11) is 0. The Morgan fingerprint density at radius 1 is 1.03 bits per heavy atom. The molecule has 1 atom stereocenters. The van der Waals surface area contributed by atoms with Crippen LogP contribution in [0.15, 0.2) is 42.5 Å². The summed E-state index contributed by atoms with van der Waals surface area (Å²) in [6, 6.07) is 11.9. The number of fused-ring (bicyclic) bond motifs is 1. The molecule has 6 nitrogen and oxygen atoms in total. The van der Waals surface area contributed by atoms with Crippen LogP contribution in [0.25, 0.3) is 4.96 Å². The summed E-state index contributed by atoms with van der Waals surface area (Å²) in [5.41, 5.74) is 1.93. The van der Waals surface area contributed by atoms with Gasteiger partial charge in [-0.25, -0.2) is 9.37 Å². The standard InChI is InChI=1S/C22H20Cl2FN5OS/c1-13-26-22-30(27-13)21(31)20(32-22)19(14-2-7-17(23)18(24)12-14)29-10-8-28(9-11-29)16-5-3-15(25)4-6-16/h2-7,12,19,31H,8-11H2,1H3. The van der Waals surface area contributed by atoms with Gasteiger partial charge in [-0.15, -0.1) is 5.10 Å². The molecule has 5 rings (SSSR count). The Hall–Kier alpha value is -2.39. The zero-order chi connectivity index (χ0) is 22.4. The zero-order valence-corrected chi connectivity index (χ0v) is 19.5. The molecule has 10 heteroatoms. The highest BCUT2D eigenvalue weighted by Crippen LogP contribution is 2.41. The van der Waals surface area contributed by atoms with Crippen LogP contribution in [0.2, 0.25) is 10.0 Å². The van der Waals surface area contributed by atoms with E-state index in [1.807, 2.05) is 12.1 Å². The number of aromatic nitrogens is 3. The molecule has 1 aliphatic rings. The lowest BCUT2D eigenvalue weighted by molar-refractivity contribution is 0.211. The van der Waals surface area contributed by atoms with Crippen LogP contribution in [0.5, 0.6) is 5.88 Å². The molecule has 4 aromatic rings. The van der Waals surface area contributed by atoms with Crippen LogP contribution in [0.1, 0.15) is 22.3 Å². The highest BCUT2D eigenvalue weighted by Gasteiger charge is 2.32. The Morgan fingerprint density at radius 2 is 1.75 bits per heavy atom. The summed E-state index contributed by atoms with van der Waals surface area (Å²) < 4.78 is 14.8. The molecule has 166 valence electrons. The van der Waals surface area contributed by atoms with Crippen LogP contribution < -0.4 is 4.90 Å². The van der Waals surface area contributed by atoms with E-state index in [1.54, 1.807) is 25.1 Å². The first-order valence-electron chi connectivity index (χ1n) is 10.2. The van der Waals surface area contributed by atoms with Crippen molar-refractivity contribution in [3.05, 3.63) is 74.6 Å². The Bertz CT molecular complexity index is 1270. The molecule has 0 bridgehead atoms. The van der Waals surface area contributed by atoms with Crippen molar-refractivity contribution < 1.29 is 9.50 Å². The lowest BCUT2D eigenvalue weighted by atomic mass is 10.0. The summed E-state index contributed by atoms with van der Waals surface area (Å²) in [5.74, 6) is 0.453. The van der Waals surface area contributed by atoms with Crippen LogP contribution in [0, 0.1) is 12.7 Å². The minimum atomic E-state index is -0.242.